The molecule has 4 rings (SSSR count). The van der Waals surface area contributed by atoms with Crippen LogP contribution in [0.2, 0.25) is 0 Å². The van der Waals surface area contributed by atoms with Gasteiger partial charge in [-0.3, -0.25) is 14.5 Å². The van der Waals surface area contributed by atoms with Crippen LogP contribution in [0.3, 0.4) is 0 Å². The van der Waals surface area contributed by atoms with E-state index in [0.717, 1.165) is 11.3 Å². The largest absolute Gasteiger partial charge is 0.477 e. The highest BCUT2D eigenvalue weighted by Crippen LogP contribution is 2.41. The number of hydrogen-bond acceptors (Lipinski definition) is 12. The van der Waals surface area contributed by atoms with Crippen molar-refractivity contribution in [3.63, 3.8) is 0 Å². The molecule has 0 bridgehead atoms. The zero-order valence-electron chi connectivity index (χ0n) is 17.4. The van der Waals surface area contributed by atoms with Crippen molar-refractivity contribution in [2.45, 2.75) is 16.3 Å². The standard InChI is InChI=1S/C19H17N5O7S3/c1-30-23-12(10-7-34-19(20)21-10)15(26)22-13-16(27)24-14(18(28)29)8(6-33-17(13)24)5-32-9-2-3-31-11(25)4-9/h2-4,7,13,17H,5-6H2,1H3,(H2,20,21)(H,22,26)(H,28,29)/b23-12-/t13-,17-/m1/s1. The SMILES string of the molecule is CO/N=C(\C(=O)N[C@@H]1C(=O)N2C(C(=O)O)=C(CSc3ccoc(=O)c3)CS[C@H]12)c1csc(N)n1. The smallest absolute Gasteiger partial charge is 0.352 e. The number of nitrogens with two attached hydrogens (primary N) is 1. The normalized spacial score (nSPS) is 20.0. The number of carbonyl (C=O) groups is 3. The summed E-state index contributed by atoms with van der Waals surface area (Å²) in [6.45, 7) is 0. The molecular formula is C19H17N5O7S3. The van der Waals surface area contributed by atoms with Gasteiger partial charge in [-0.2, -0.15) is 0 Å². The number of carboxylic acids is 1. The van der Waals surface area contributed by atoms with Crippen LogP contribution in [-0.2, 0) is 19.2 Å². The third kappa shape index (κ3) is 4.67. The van der Waals surface area contributed by atoms with Gasteiger partial charge < -0.3 is 25.4 Å². The molecule has 0 aliphatic carbocycles. The minimum atomic E-state index is -1.24. The van der Waals surface area contributed by atoms with Gasteiger partial charge in [0.25, 0.3) is 11.8 Å². The van der Waals surface area contributed by atoms with Gasteiger partial charge >= 0.3 is 11.6 Å². The van der Waals surface area contributed by atoms with E-state index in [1.807, 2.05) is 0 Å². The summed E-state index contributed by atoms with van der Waals surface area (Å²) in [7, 11) is 1.27. The fourth-order valence-electron chi connectivity index (χ4n) is 3.32. The molecule has 0 aromatic carbocycles. The average Bonchev–Trinajstić information content (AvgIpc) is 3.24. The molecule has 4 heterocycles. The number of nitrogen functional groups attached to an aromatic ring is 1. The molecule has 0 unspecified atom stereocenters. The predicted molar refractivity (Wildman–Crippen MR) is 125 cm³/mol. The molecule has 1 fully saturated rings. The van der Waals surface area contributed by atoms with Crippen LogP contribution in [0.5, 0.6) is 0 Å². The molecule has 2 aromatic rings. The Labute approximate surface area is 204 Å². The number of carbonyl (C=O) groups excluding carboxylic acids is 2. The highest BCUT2D eigenvalue weighted by molar-refractivity contribution is 8.01. The van der Waals surface area contributed by atoms with Crippen molar-refractivity contribution in [2.24, 2.45) is 5.16 Å². The van der Waals surface area contributed by atoms with Gasteiger partial charge in [-0.15, -0.1) is 34.9 Å². The number of thiazole rings is 1. The monoisotopic (exact) mass is 523 g/mol. The maximum Gasteiger partial charge on any atom is 0.352 e. The van der Waals surface area contributed by atoms with Crippen LogP contribution in [0.25, 0.3) is 0 Å². The van der Waals surface area contributed by atoms with Crippen LogP contribution in [0.4, 0.5) is 5.13 Å². The molecule has 2 aliphatic heterocycles. The summed E-state index contributed by atoms with van der Waals surface area (Å²) < 4.78 is 4.69. The summed E-state index contributed by atoms with van der Waals surface area (Å²) >= 11 is 3.71. The van der Waals surface area contributed by atoms with Crippen LogP contribution in [-0.4, -0.2) is 68.5 Å². The lowest BCUT2D eigenvalue weighted by Gasteiger charge is -2.49. The number of carboxylic acid groups (broad SMARTS) is 1. The maximum absolute atomic E-state index is 12.9. The van der Waals surface area contributed by atoms with Gasteiger partial charge in [-0.25, -0.2) is 14.6 Å². The molecular weight excluding hydrogens is 506 g/mol. The van der Waals surface area contributed by atoms with Crippen molar-refractivity contribution in [3.05, 3.63) is 51.2 Å². The van der Waals surface area contributed by atoms with Crippen LogP contribution in [0, 0.1) is 0 Å². The first kappa shape index (κ1) is 23.8. The number of oxime groups is 1. The summed E-state index contributed by atoms with van der Waals surface area (Å²) in [5.74, 6) is -1.90. The Kier molecular flexibility index (Phi) is 6.95. The first-order valence-electron chi connectivity index (χ1n) is 9.55. The van der Waals surface area contributed by atoms with Crippen molar-refractivity contribution in [1.82, 2.24) is 15.2 Å². The molecule has 1 saturated heterocycles. The van der Waals surface area contributed by atoms with Gasteiger partial charge in [0.15, 0.2) is 10.8 Å². The molecule has 2 aliphatic rings. The highest BCUT2D eigenvalue weighted by Gasteiger charge is 2.54. The van der Waals surface area contributed by atoms with Gasteiger partial charge in [-0.05, 0) is 11.6 Å². The zero-order chi connectivity index (χ0) is 24.4. The van der Waals surface area contributed by atoms with E-state index in [0.29, 0.717) is 16.2 Å². The number of thioether (sulfide) groups is 2. The molecule has 178 valence electrons. The summed E-state index contributed by atoms with van der Waals surface area (Å²) in [6, 6.07) is 1.96. The Morgan fingerprint density at radius 1 is 1.47 bits per heavy atom. The number of rotatable bonds is 8. The molecule has 12 nitrogen and oxygen atoms in total. The summed E-state index contributed by atoms with van der Waals surface area (Å²) in [5, 5.41) is 17.2. The van der Waals surface area contributed by atoms with E-state index in [1.165, 1.54) is 53.2 Å². The van der Waals surface area contributed by atoms with Crippen LogP contribution >= 0.6 is 34.9 Å². The number of anilines is 1. The summed E-state index contributed by atoms with van der Waals surface area (Å²) in [5.41, 5.74) is 5.57. The first-order valence-corrected chi connectivity index (χ1v) is 12.5. The number of nitrogens with one attached hydrogen (secondary N) is 1. The van der Waals surface area contributed by atoms with Gasteiger partial charge in [0.05, 0.1) is 6.26 Å². The quantitative estimate of drug-likeness (QED) is 0.191. The molecule has 4 N–H and O–H groups in total. The number of fused-ring (bicyclic) bond motifs is 1. The Morgan fingerprint density at radius 3 is 2.91 bits per heavy atom. The second-order valence-electron chi connectivity index (χ2n) is 6.89. The van der Waals surface area contributed by atoms with Crippen molar-refractivity contribution in [3.8, 4) is 0 Å². The number of aromatic nitrogens is 1. The summed E-state index contributed by atoms with van der Waals surface area (Å²) in [6.07, 6.45) is 1.26. The van der Waals surface area contributed by atoms with Crippen LogP contribution < -0.4 is 16.7 Å². The third-order valence-electron chi connectivity index (χ3n) is 4.79. The average molecular weight is 524 g/mol. The van der Waals surface area contributed by atoms with Crippen molar-refractivity contribution in [2.75, 3.05) is 24.3 Å². The van der Waals surface area contributed by atoms with E-state index >= 15 is 0 Å². The minimum Gasteiger partial charge on any atom is -0.477 e. The molecule has 0 radical (unpaired) electrons. The number of β-lactam (4-membered cyclic amide) rings is 1. The van der Waals surface area contributed by atoms with Gasteiger partial charge in [-0.1, -0.05) is 5.16 Å². The molecule has 15 heteroatoms. The second-order valence-corrected chi connectivity index (χ2v) is 9.93. The van der Waals surface area contributed by atoms with Crippen molar-refractivity contribution in [1.29, 1.82) is 0 Å². The van der Waals surface area contributed by atoms with Crippen molar-refractivity contribution < 1.29 is 28.7 Å². The summed E-state index contributed by atoms with van der Waals surface area (Å²) in [4.78, 5) is 59.5. The Bertz CT molecular complexity index is 1270. The lowest BCUT2D eigenvalue weighted by Crippen LogP contribution is -2.71. The molecule has 2 atom stereocenters. The minimum absolute atomic E-state index is 0.118. The number of nitrogens with zero attached hydrogens (tertiary/aromatic N) is 3. The van der Waals surface area contributed by atoms with E-state index in [9.17, 15) is 24.3 Å². The van der Waals surface area contributed by atoms with Gasteiger partial charge in [0.1, 0.15) is 29.9 Å². The zero-order valence-corrected chi connectivity index (χ0v) is 19.9. The third-order valence-corrected chi connectivity index (χ3v) is 7.88. The second kappa shape index (κ2) is 9.90. The van der Waals surface area contributed by atoms with Crippen LogP contribution in [0.15, 0.2) is 54.3 Å². The van der Waals surface area contributed by atoms with E-state index in [2.05, 4.69) is 19.9 Å². The lowest BCUT2D eigenvalue weighted by atomic mass is 10.0. The first-order chi connectivity index (χ1) is 16.3. The van der Waals surface area contributed by atoms with E-state index in [4.69, 9.17) is 10.6 Å². The molecule has 2 amide bonds. The van der Waals surface area contributed by atoms with Gasteiger partial charge in [0.2, 0.25) is 0 Å². The number of amides is 2. The van der Waals surface area contributed by atoms with Crippen LogP contribution in [0.1, 0.15) is 5.69 Å². The number of aliphatic carboxylic acids is 1. The Hall–Kier alpha value is -3.30. The van der Waals surface area contributed by atoms with E-state index in [1.54, 1.807) is 6.07 Å². The molecule has 0 saturated carbocycles. The Morgan fingerprint density at radius 2 is 2.26 bits per heavy atom. The molecule has 2 aromatic heterocycles. The maximum atomic E-state index is 12.9. The predicted octanol–water partition coefficient (Wildman–Crippen LogP) is 0.560. The van der Waals surface area contributed by atoms with E-state index in [-0.39, 0.29) is 28.0 Å². The fraction of sp³-hybridized carbons (Fsp3) is 0.263. The molecule has 0 spiro atoms. The number of hydrogen-bond donors (Lipinski definition) is 3. The fourth-order valence-corrected chi connectivity index (χ4v) is 6.26. The van der Waals surface area contributed by atoms with E-state index < -0.39 is 34.8 Å². The highest BCUT2D eigenvalue weighted by atomic mass is 32.2. The topological polar surface area (TPSA) is 177 Å². The van der Waals surface area contributed by atoms with Crippen molar-refractivity contribution >= 4 is 63.5 Å². The Balaban J connectivity index is 1.49. The molecule has 34 heavy (non-hydrogen) atoms. The lowest BCUT2D eigenvalue weighted by molar-refractivity contribution is -0.150. The van der Waals surface area contributed by atoms with Gasteiger partial charge in [0, 0.05) is 27.8 Å².